The number of rotatable bonds is 75. The molecule has 0 aliphatic carbocycles. The van der Waals surface area contributed by atoms with Crippen LogP contribution < -0.4 is 0 Å². The third kappa shape index (κ3) is 72.3. The molecule has 80 heavy (non-hydrogen) atoms. The van der Waals surface area contributed by atoms with Crippen LogP contribution in [0.1, 0.15) is 503 Å². The van der Waals surface area contributed by atoms with Gasteiger partial charge in [0.25, 0.3) is 0 Å². The molecule has 0 aromatic carbocycles. The highest BCUT2D eigenvalue weighted by atomic mass is 14.2. The lowest BCUT2D eigenvalue weighted by Gasteiger charge is -2.17. The third-order valence-corrected chi connectivity index (χ3v) is 19.8. The van der Waals surface area contributed by atoms with Gasteiger partial charge in [-0.1, -0.05) is 503 Å². The second-order valence-electron chi connectivity index (χ2n) is 28.2. The van der Waals surface area contributed by atoms with Crippen LogP contribution in [-0.4, -0.2) is 0 Å². The molecule has 0 aliphatic heterocycles. The van der Waals surface area contributed by atoms with Crippen molar-refractivity contribution >= 4 is 0 Å². The summed E-state index contributed by atoms with van der Waals surface area (Å²) < 4.78 is 0. The first-order chi connectivity index (χ1) is 39.7. The van der Waals surface area contributed by atoms with E-state index in [-0.39, 0.29) is 0 Å². The third-order valence-electron chi connectivity index (χ3n) is 19.8. The summed E-state index contributed by atoms with van der Waals surface area (Å²) in [5, 5.41) is 0. The molecular weight excluding hydrogens is 961 g/mol. The SMILES string of the molecule is CCCCCCCCCCCCCCCCCCCCCCCCCCCC(CCCCCCCCCCCCCCCCCCCCCCCC)CCCCCCCC(C)CCCCCCCCCCCCCCCCCCC. The fraction of sp³-hybridized carbons (Fsp3) is 1.00. The lowest BCUT2D eigenvalue weighted by Crippen LogP contribution is -2.02. The molecule has 482 valence electrons. The number of hydrogen-bond donors (Lipinski definition) is 0. The van der Waals surface area contributed by atoms with Crippen LogP contribution in [0.15, 0.2) is 0 Å². The molecule has 0 aliphatic rings. The zero-order valence-electron chi connectivity index (χ0n) is 57.5. The van der Waals surface area contributed by atoms with E-state index in [1.54, 1.807) is 0 Å². The highest BCUT2D eigenvalue weighted by Gasteiger charge is 2.10. The predicted molar refractivity (Wildman–Crippen MR) is 371 cm³/mol. The van der Waals surface area contributed by atoms with Gasteiger partial charge in [0, 0.05) is 0 Å². The van der Waals surface area contributed by atoms with Gasteiger partial charge in [-0.05, 0) is 11.8 Å². The molecule has 0 N–H and O–H groups in total. The zero-order chi connectivity index (χ0) is 57.5. The van der Waals surface area contributed by atoms with Crippen LogP contribution in [0.2, 0.25) is 0 Å². The monoisotopic (exact) mass is 1120 g/mol. The van der Waals surface area contributed by atoms with E-state index in [4.69, 9.17) is 0 Å². The van der Waals surface area contributed by atoms with Crippen molar-refractivity contribution in [1.82, 2.24) is 0 Å². The average molecular weight is 1120 g/mol. The summed E-state index contributed by atoms with van der Waals surface area (Å²) in [5.74, 6) is 1.97. The van der Waals surface area contributed by atoms with Crippen LogP contribution in [-0.2, 0) is 0 Å². The first-order valence-electron chi connectivity index (χ1n) is 39.7. The van der Waals surface area contributed by atoms with Crippen molar-refractivity contribution in [3.8, 4) is 0 Å². The first kappa shape index (κ1) is 80.0. The van der Waals surface area contributed by atoms with E-state index in [9.17, 15) is 0 Å². The molecule has 0 aromatic rings. The lowest BCUT2D eigenvalue weighted by atomic mass is 9.89. The van der Waals surface area contributed by atoms with Gasteiger partial charge in [-0.2, -0.15) is 0 Å². The standard InChI is InChI=1S/C80H162/c1-5-8-11-14-17-20-23-26-29-32-34-36-38-39-40-42-44-47-50-53-56-59-62-67-72-77-80(76-71-66-61-58-55-52-49-46-43-41-37-35-33-30-27-24-21-18-15-12-9-6-2)78-73-68-63-65-70-75-79(4)74-69-64-60-57-54-51-48-45-31-28-25-22-19-16-13-10-7-3/h79-80H,5-78H2,1-4H3. The molecule has 0 saturated heterocycles. The molecule has 0 spiro atoms. The van der Waals surface area contributed by atoms with Crippen LogP contribution in [0.5, 0.6) is 0 Å². The van der Waals surface area contributed by atoms with Gasteiger partial charge in [-0.25, -0.2) is 0 Å². The Kier molecular flexibility index (Phi) is 75.1. The van der Waals surface area contributed by atoms with Crippen molar-refractivity contribution < 1.29 is 0 Å². The van der Waals surface area contributed by atoms with E-state index in [2.05, 4.69) is 27.7 Å². The molecular formula is C80H162. The van der Waals surface area contributed by atoms with Crippen molar-refractivity contribution in [3.63, 3.8) is 0 Å². The predicted octanol–water partition coefficient (Wildman–Crippen LogP) is 31.2. The van der Waals surface area contributed by atoms with Crippen LogP contribution in [0, 0.1) is 11.8 Å². The second-order valence-corrected chi connectivity index (χ2v) is 28.2. The van der Waals surface area contributed by atoms with E-state index in [0.717, 1.165) is 11.8 Å². The average Bonchev–Trinajstić information content (AvgIpc) is 3.46. The van der Waals surface area contributed by atoms with Crippen molar-refractivity contribution in [2.75, 3.05) is 0 Å². The fourth-order valence-corrected chi connectivity index (χ4v) is 13.9. The van der Waals surface area contributed by atoms with Gasteiger partial charge in [0.15, 0.2) is 0 Å². The molecule has 0 heteroatoms. The Balaban J connectivity index is 4.06. The van der Waals surface area contributed by atoms with Crippen molar-refractivity contribution in [1.29, 1.82) is 0 Å². The normalized spacial score (nSPS) is 12.6. The van der Waals surface area contributed by atoms with Gasteiger partial charge >= 0.3 is 0 Å². The fourth-order valence-electron chi connectivity index (χ4n) is 13.9. The molecule has 0 heterocycles. The van der Waals surface area contributed by atoms with Crippen molar-refractivity contribution in [2.45, 2.75) is 503 Å². The van der Waals surface area contributed by atoms with Crippen LogP contribution in [0.25, 0.3) is 0 Å². The second kappa shape index (κ2) is 75.1. The maximum Gasteiger partial charge on any atom is -0.0414 e. The number of unbranched alkanes of at least 4 members (excludes halogenated alkanes) is 65. The molecule has 0 fully saturated rings. The minimum atomic E-state index is 0.952. The van der Waals surface area contributed by atoms with Gasteiger partial charge < -0.3 is 0 Å². The Labute approximate surface area is 512 Å². The quantitative estimate of drug-likeness (QED) is 0.0533. The Morgan fingerprint density at radius 3 is 0.350 bits per heavy atom. The summed E-state index contributed by atoms with van der Waals surface area (Å²) >= 11 is 0. The Morgan fingerprint density at radius 1 is 0.125 bits per heavy atom. The lowest BCUT2D eigenvalue weighted by molar-refractivity contribution is 0.363. The van der Waals surface area contributed by atoms with Gasteiger partial charge in [-0.15, -0.1) is 0 Å². The van der Waals surface area contributed by atoms with Crippen LogP contribution in [0.4, 0.5) is 0 Å². The summed E-state index contributed by atoms with van der Waals surface area (Å²) in [6, 6.07) is 0. The van der Waals surface area contributed by atoms with E-state index < -0.39 is 0 Å². The molecule has 0 bridgehead atoms. The smallest absolute Gasteiger partial charge is 0.0414 e. The molecule has 0 saturated carbocycles. The van der Waals surface area contributed by atoms with E-state index in [1.807, 2.05) is 0 Å². The van der Waals surface area contributed by atoms with Crippen LogP contribution >= 0.6 is 0 Å². The Bertz CT molecular complexity index is 1010. The first-order valence-corrected chi connectivity index (χ1v) is 39.7. The topological polar surface area (TPSA) is 0 Å². The maximum absolute atomic E-state index is 2.56. The molecule has 0 amide bonds. The summed E-state index contributed by atoms with van der Waals surface area (Å²) in [4.78, 5) is 0. The van der Waals surface area contributed by atoms with E-state index in [0.29, 0.717) is 0 Å². The molecule has 0 aromatic heterocycles. The van der Waals surface area contributed by atoms with E-state index >= 15 is 0 Å². The Morgan fingerprint density at radius 2 is 0.225 bits per heavy atom. The maximum atomic E-state index is 2.56. The van der Waals surface area contributed by atoms with E-state index in [1.165, 1.54) is 475 Å². The van der Waals surface area contributed by atoms with Gasteiger partial charge in [0.05, 0.1) is 0 Å². The summed E-state index contributed by atoms with van der Waals surface area (Å²) in [6.07, 6.45) is 110. The van der Waals surface area contributed by atoms with Gasteiger partial charge in [0.2, 0.25) is 0 Å². The van der Waals surface area contributed by atoms with Gasteiger partial charge in [0.1, 0.15) is 0 Å². The van der Waals surface area contributed by atoms with Crippen molar-refractivity contribution in [3.05, 3.63) is 0 Å². The minimum Gasteiger partial charge on any atom is -0.0654 e. The molecule has 2 unspecified atom stereocenters. The Hall–Kier alpha value is 0. The molecule has 0 nitrogen and oxygen atoms in total. The summed E-state index contributed by atoms with van der Waals surface area (Å²) in [7, 11) is 0. The largest absolute Gasteiger partial charge is 0.0654 e. The zero-order valence-corrected chi connectivity index (χ0v) is 57.5. The number of hydrogen-bond acceptors (Lipinski definition) is 0. The highest BCUT2D eigenvalue weighted by Crippen LogP contribution is 2.27. The molecule has 0 radical (unpaired) electrons. The summed E-state index contributed by atoms with van der Waals surface area (Å²) in [5.41, 5.74) is 0. The van der Waals surface area contributed by atoms with Crippen molar-refractivity contribution in [2.24, 2.45) is 11.8 Å². The van der Waals surface area contributed by atoms with Gasteiger partial charge in [-0.3, -0.25) is 0 Å². The molecule has 0 rings (SSSR count). The highest BCUT2D eigenvalue weighted by molar-refractivity contribution is 4.64. The van der Waals surface area contributed by atoms with Crippen LogP contribution in [0.3, 0.4) is 0 Å². The minimum absolute atomic E-state index is 0.952. The molecule has 2 atom stereocenters. The summed E-state index contributed by atoms with van der Waals surface area (Å²) in [6.45, 7) is 9.52.